The van der Waals surface area contributed by atoms with Gasteiger partial charge in [0, 0.05) is 19.6 Å². The van der Waals surface area contributed by atoms with Crippen LogP contribution >= 0.6 is 0 Å². The summed E-state index contributed by atoms with van der Waals surface area (Å²) in [7, 11) is -3.32. The summed E-state index contributed by atoms with van der Waals surface area (Å²) >= 11 is 0. The van der Waals surface area contributed by atoms with Crippen LogP contribution in [0.15, 0.2) is 24.3 Å². The van der Waals surface area contributed by atoms with Gasteiger partial charge in [-0.15, -0.1) is 0 Å². The summed E-state index contributed by atoms with van der Waals surface area (Å²) in [5.74, 6) is 0. The average Bonchev–Trinajstić information content (AvgIpc) is 2.34. The molecule has 4 nitrogen and oxygen atoms in total. The first-order valence-electron chi connectivity index (χ1n) is 6.50. The molecule has 0 unspecified atom stereocenters. The van der Waals surface area contributed by atoms with Crippen LogP contribution in [0.1, 0.15) is 38.8 Å². The van der Waals surface area contributed by atoms with Crippen molar-refractivity contribution in [1.82, 2.24) is 4.31 Å². The largest absolute Gasteiger partial charge is 0.326 e. The zero-order valence-electron chi connectivity index (χ0n) is 12.2. The normalized spacial score (nSPS) is 12.9. The predicted molar refractivity (Wildman–Crippen MR) is 79.1 cm³/mol. The summed E-state index contributed by atoms with van der Waals surface area (Å²) in [5, 5.41) is 0. The van der Waals surface area contributed by atoms with Gasteiger partial charge in [-0.1, -0.05) is 31.2 Å². The molecule has 0 spiro atoms. The van der Waals surface area contributed by atoms with Gasteiger partial charge in [-0.05, 0) is 31.9 Å². The number of sulfonamides is 1. The monoisotopic (exact) mass is 284 g/mol. The average molecular weight is 284 g/mol. The molecule has 0 aliphatic rings. The zero-order chi connectivity index (χ0) is 14.7. The first-order chi connectivity index (χ1) is 8.74. The highest BCUT2D eigenvalue weighted by atomic mass is 32.2. The highest BCUT2D eigenvalue weighted by Gasteiger charge is 2.34. The molecule has 1 rings (SSSR count). The van der Waals surface area contributed by atoms with E-state index in [2.05, 4.69) is 0 Å². The minimum Gasteiger partial charge on any atom is -0.326 e. The second-order valence-corrected chi connectivity index (χ2v) is 8.21. The first-order valence-corrected chi connectivity index (χ1v) is 7.94. The van der Waals surface area contributed by atoms with Crippen LogP contribution < -0.4 is 5.73 Å². The molecule has 0 radical (unpaired) electrons. The van der Waals surface area contributed by atoms with Crippen molar-refractivity contribution in [3.05, 3.63) is 35.4 Å². The standard InChI is InChI=1S/C14H24N2O2S/c1-5-16(19(17,18)14(2,3)4)11-13-9-7-6-8-12(13)10-15/h6-9H,5,10-11,15H2,1-4H3. The van der Waals surface area contributed by atoms with Gasteiger partial charge < -0.3 is 5.73 Å². The van der Waals surface area contributed by atoms with Crippen LogP contribution in [0.3, 0.4) is 0 Å². The highest BCUT2D eigenvalue weighted by Crippen LogP contribution is 2.23. The highest BCUT2D eigenvalue weighted by molar-refractivity contribution is 7.90. The van der Waals surface area contributed by atoms with Crippen molar-refractivity contribution < 1.29 is 8.42 Å². The van der Waals surface area contributed by atoms with E-state index in [1.54, 1.807) is 20.8 Å². The van der Waals surface area contributed by atoms with E-state index in [-0.39, 0.29) is 0 Å². The van der Waals surface area contributed by atoms with E-state index in [4.69, 9.17) is 5.73 Å². The van der Waals surface area contributed by atoms with E-state index >= 15 is 0 Å². The van der Waals surface area contributed by atoms with Crippen molar-refractivity contribution in [2.24, 2.45) is 5.73 Å². The number of nitrogens with two attached hydrogens (primary N) is 1. The van der Waals surface area contributed by atoms with Crippen molar-refractivity contribution in [3.8, 4) is 0 Å². The van der Waals surface area contributed by atoms with Crippen molar-refractivity contribution in [2.75, 3.05) is 6.54 Å². The van der Waals surface area contributed by atoms with Gasteiger partial charge in [0.05, 0.1) is 4.75 Å². The molecule has 0 atom stereocenters. The summed E-state index contributed by atoms with van der Waals surface area (Å²) in [6.07, 6.45) is 0. The Morgan fingerprint density at radius 1 is 1.16 bits per heavy atom. The van der Waals surface area contributed by atoms with Crippen LogP contribution in [0.2, 0.25) is 0 Å². The maximum atomic E-state index is 12.5. The summed E-state index contributed by atoms with van der Waals surface area (Å²) < 4.78 is 25.7. The summed E-state index contributed by atoms with van der Waals surface area (Å²) in [6, 6.07) is 7.70. The molecule has 2 N–H and O–H groups in total. The van der Waals surface area contributed by atoms with Crippen molar-refractivity contribution in [3.63, 3.8) is 0 Å². The predicted octanol–water partition coefficient (Wildman–Crippen LogP) is 2.10. The Morgan fingerprint density at radius 2 is 1.68 bits per heavy atom. The molecule has 0 heterocycles. The van der Waals surface area contributed by atoms with Crippen molar-refractivity contribution in [1.29, 1.82) is 0 Å². The second-order valence-electron chi connectivity index (χ2n) is 5.52. The molecule has 0 amide bonds. The van der Waals surface area contributed by atoms with Crippen LogP contribution in [-0.4, -0.2) is 24.0 Å². The minimum absolute atomic E-state index is 0.378. The topological polar surface area (TPSA) is 63.4 Å². The molecule has 0 aliphatic carbocycles. The molecule has 0 fully saturated rings. The fourth-order valence-corrected chi connectivity index (χ4v) is 3.28. The molecule has 0 saturated carbocycles. The maximum Gasteiger partial charge on any atom is 0.219 e. The summed E-state index contributed by atoms with van der Waals surface area (Å²) in [5.41, 5.74) is 7.66. The van der Waals surface area contributed by atoms with Gasteiger partial charge in [0.15, 0.2) is 0 Å². The summed E-state index contributed by atoms with van der Waals surface area (Å²) in [6.45, 7) is 8.28. The Hall–Kier alpha value is -0.910. The third kappa shape index (κ3) is 3.55. The lowest BCUT2D eigenvalue weighted by atomic mass is 10.1. The molecule has 0 aromatic heterocycles. The zero-order valence-corrected chi connectivity index (χ0v) is 13.0. The quantitative estimate of drug-likeness (QED) is 0.900. The maximum absolute atomic E-state index is 12.5. The third-order valence-corrected chi connectivity index (χ3v) is 5.77. The number of hydrogen-bond donors (Lipinski definition) is 1. The van der Waals surface area contributed by atoms with E-state index in [1.807, 2.05) is 31.2 Å². The van der Waals surface area contributed by atoms with Gasteiger partial charge in [0.25, 0.3) is 0 Å². The van der Waals surface area contributed by atoms with E-state index < -0.39 is 14.8 Å². The molecule has 1 aromatic carbocycles. The molecule has 19 heavy (non-hydrogen) atoms. The van der Waals surface area contributed by atoms with Crippen molar-refractivity contribution >= 4 is 10.0 Å². The minimum atomic E-state index is -3.32. The van der Waals surface area contributed by atoms with Gasteiger partial charge in [-0.2, -0.15) is 4.31 Å². The summed E-state index contributed by atoms with van der Waals surface area (Å²) in [4.78, 5) is 0. The fourth-order valence-electron chi connectivity index (χ4n) is 1.85. The Morgan fingerprint density at radius 3 is 2.11 bits per heavy atom. The molecule has 1 aromatic rings. The van der Waals surface area contributed by atoms with Crippen LogP contribution in [0.5, 0.6) is 0 Å². The number of rotatable bonds is 5. The molecule has 108 valence electrons. The molecule has 0 bridgehead atoms. The van der Waals surface area contributed by atoms with Crippen LogP contribution in [-0.2, 0) is 23.1 Å². The number of nitrogens with zero attached hydrogens (tertiary/aromatic N) is 1. The van der Waals surface area contributed by atoms with Crippen LogP contribution in [0.25, 0.3) is 0 Å². The number of hydrogen-bond acceptors (Lipinski definition) is 3. The molecular formula is C14H24N2O2S. The van der Waals surface area contributed by atoms with Gasteiger partial charge in [0.2, 0.25) is 10.0 Å². The Labute approximate surface area is 116 Å². The van der Waals surface area contributed by atoms with E-state index in [1.165, 1.54) is 4.31 Å². The van der Waals surface area contributed by atoms with Crippen LogP contribution in [0, 0.1) is 0 Å². The van der Waals surface area contributed by atoms with E-state index in [0.29, 0.717) is 19.6 Å². The Bertz CT molecular complexity index is 518. The lowest BCUT2D eigenvalue weighted by Crippen LogP contribution is -2.42. The molecule has 5 heteroatoms. The van der Waals surface area contributed by atoms with Crippen LogP contribution in [0.4, 0.5) is 0 Å². The lowest BCUT2D eigenvalue weighted by Gasteiger charge is -2.29. The van der Waals surface area contributed by atoms with Gasteiger partial charge >= 0.3 is 0 Å². The second kappa shape index (κ2) is 6.03. The molecule has 0 aliphatic heterocycles. The SMILES string of the molecule is CCN(Cc1ccccc1CN)S(=O)(=O)C(C)(C)C. The third-order valence-electron chi connectivity index (χ3n) is 3.15. The van der Waals surface area contributed by atoms with Gasteiger partial charge in [-0.25, -0.2) is 8.42 Å². The van der Waals surface area contributed by atoms with Crippen molar-refractivity contribution in [2.45, 2.75) is 45.5 Å². The number of benzene rings is 1. The fraction of sp³-hybridized carbons (Fsp3) is 0.571. The molecular weight excluding hydrogens is 260 g/mol. The van der Waals surface area contributed by atoms with E-state index in [9.17, 15) is 8.42 Å². The lowest BCUT2D eigenvalue weighted by molar-refractivity contribution is 0.403. The van der Waals surface area contributed by atoms with E-state index in [0.717, 1.165) is 11.1 Å². The van der Waals surface area contributed by atoms with Gasteiger partial charge in [-0.3, -0.25) is 0 Å². The Kier molecular flexibility index (Phi) is 5.12. The smallest absolute Gasteiger partial charge is 0.219 e. The Balaban J connectivity index is 3.08. The molecule has 0 saturated heterocycles. The van der Waals surface area contributed by atoms with Gasteiger partial charge in [0.1, 0.15) is 0 Å². The first kappa shape index (κ1) is 16.1.